The second-order valence-corrected chi connectivity index (χ2v) is 8.77. The number of fused-ring (bicyclic) bond motifs is 1. The molecular weight excluding hydrogens is 396 g/mol. The molecule has 0 saturated carbocycles. The Kier molecular flexibility index (Phi) is 5.73. The van der Waals surface area contributed by atoms with Crippen LogP contribution in [0.15, 0.2) is 42.5 Å². The lowest BCUT2D eigenvalue weighted by molar-refractivity contribution is -0.384. The molecule has 154 valence electrons. The third kappa shape index (κ3) is 4.48. The van der Waals surface area contributed by atoms with Gasteiger partial charge in [-0.3, -0.25) is 19.2 Å². The normalized spacial score (nSPS) is 15.7. The lowest BCUT2D eigenvalue weighted by Crippen LogP contribution is -2.34. The highest BCUT2D eigenvalue weighted by molar-refractivity contribution is 7.92. The van der Waals surface area contributed by atoms with Crippen molar-refractivity contribution in [1.29, 1.82) is 0 Å². The molecule has 0 bridgehead atoms. The lowest BCUT2D eigenvalue weighted by atomic mass is 10.1. The Hall–Kier alpha value is -3.14. The number of hydrogen-bond donors (Lipinski definition) is 2. The quantitative estimate of drug-likeness (QED) is 0.404. The highest BCUT2D eigenvalue weighted by Crippen LogP contribution is 2.34. The monoisotopic (exact) mass is 418 g/mol. The van der Waals surface area contributed by atoms with Crippen LogP contribution in [0.5, 0.6) is 0 Å². The molecule has 0 fully saturated rings. The van der Waals surface area contributed by atoms with Gasteiger partial charge in [-0.2, -0.15) is 0 Å². The Morgan fingerprint density at radius 2 is 1.97 bits per heavy atom. The summed E-state index contributed by atoms with van der Waals surface area (Å²) in [5, 5.41) is 16.7. The number of sulfonamides is 1. The molecule has 1 heterocycles. The van der Waals surface area contributed by atoms with Crippen molar-refractivity contribution in [1.82, 2.24) is 5.32 Å². The van der Waals surface area contributed by atoms with E-state index in [1.54, 1.807) is 36.4 Å². The zero-order valence-corrected chi connectivity index (χ0v) is 16.9. The first kappa shape index (κ1) is 20.6. The average molecular weight is 418 g/mol. The van der Waals surface area contributed by atoms with E-state index in [1.165, 1.54) is 16.6 Å². The van der Waals surface area contributed by atoms with Gasteiger partial charge in [-0.25, -0.2) is 8.42 Å². The number of carbonyl (C=O) groups excluding carboxylic acids is 1. The fourth-order valence-corrected chi connectivity index (χ4v) is 4.77. The Balaban J connectivity index is 1.60. The molecule has 3 rings (SSSR count). The number of para-hydroxylation sites is 2. The summed E-state index contributed by atoms with van der Waals surface area (Å²) >= 11 is 0. The summed E-state index contributed by atoms with van der Waals surface area (Å²) in [5.41, 5.74) is 2.22. The number of anilines is 2. The fourth-order valence-electron chi connectivity index (χ4n) is 3.51. The van der Waals surface area contributed by atoms with Crippen LogP contribution in [-0.2, 0) is 16.4 Å². The number of amides is 1. The lowest BCUT2D eigenvalue weighted by Gasteiger charge is -2.21. The number of nitrogens with zero attached hydrogens (tertiary/aromatic N) is 2. The second kappa shape index (κ2) is 8.08. The molecule has 10 heteroatoms. The van der Waals surface area contributed by atoms with Gasteiger partial charge in [0.25, 0.3) is 11.6 Å². The summed E-state index contributed by atoms with van der Waals surface area (Å²) in [5.74, 6) is -0.289. The molecule has 2 aromatic carbocycles. The Labute approximate surface area is 168 Å². The predicted octanol–water partition coefficient (Wildman–Crippen LogP) is 2.15. The van der Waals surface area contributed by atoms with E-state index in [4.69, 9.17) is 0 Å². The number of nitrogens with one attached hydrogen (secondary N) is 2. The molecule has 0 radical (unpaired) electrons. The van der Waals surface area contributed by atoms with Crippen LogP contribution in [0.1, 0.15) is 22.8 Å². The highest BCUT2D eigenvalue weighted by Gasteiger charge is 2.32. The van der Waals surface area contributed by atoms with Crippen LogP contribution in [0.25, 0.3) is 0 Å². The molecule has 1 amide bonds. The maximum atomic E-state index is 12.4. The first-order chi connectivity index (χ1) is 13.7. The number of benzene rings is 2. The van der Waals surface area contributed by atoms with E-state index >= 15 is 0 Å². The van der Waals surface area contributed by atoms with Crippen molar-refractivity contribution in [2.75, 3.05) is 29.0 Å². The van der Waals surface area contributed by atoms with E-state index in [0.717, 1.165) is 5.56 Å². The molecule has 0 spiro atoms. The maximum absolute atomic E-state index is 12.4. The van der Waals surface area contributed by atoms with Crippen LogP contribution < -0.4 is 14.9 Å². The van der Waals surface area contributed by atoms with E-state index in [1.807, 2.05) is 6.92 Å². The highest BCUT2D eigenvalue weighted by atomic mass is 32.2. The van der Waals surface area contributed by atoms with Crippen LogP contribution in [0, 0.1) is 10.1 Å². The zero-order chi connectivity index (χ0) is 21.2. The summed E-state index contributed by atoms with van der Waals surface area (Å²) < 4.78 is 25.3. The van der Waals surface area contributed by atoms with Crippen molar-refractivity contribution in [3.63, 3.8) is 0 Å². The Morgan fingerprint density at radius 3 is 2.66 bits per heavy atom. The fraction of sp³-hybridized carbons (Fsp3) is 0.316. The number of nitro groups is 1. The van der Waals surface area contributed by atoms with Crippen LogP contribution in [-0.4, -0.2) is 44.6 Å². The number of hydrogen-bond acceptors (Lipinski definition) is 6. The van der Waals surface area contributed by atoms with Gasteiger partial charge in [0, 0.05) is 30.8 Å². The van der Waals surface area contributed by atoms with Crippen LogP contribution in [0.4, 0.5) is 17.1 Å². The third-order valence-electron chi connectivity index (χ3n) is 4.68. The van der Waals surface area contributed by atoms with Gasteiger partial charge in [-0.05, 0) is 43.2 Å². The molecular formula is C19H22N4O5S. The minimum Gasteiger partial charge on any atom is -0.378 e. The van der Waals surface area contributed by atoms with Gasteiger partial charge >= 0.3 is 0 Å². The molecule has 9 nitrogen and oxygen atoms in total. The van der Waals surface area contributed by atoms with E-state index in [-0.39, 0.29) is 24.2 Å². The summed E-state index contributed by atoms with van der Waals surface area (Å²) in [6.07, 6.45) is 1.71. The molecule has 1 aliphatic heterocycles. The SMILES string of the molecule is CC1Cc2cc(C(=O)NCCNc3ccccc3[N+](=O)[O-])ccc2N1S(C)(=O)=O. The van der Waals surface area contributed by atoms with Gasteiger partial charge in [0.2, 0.25) is 10.0 Å². The maximum Gasteiger partial charge on any atom is 0.292 e. The number of carbonyl (C=O) groups is 1. The van der Waals surface area contributed by atoms with E-state index < -0.39 is 14.9 Å². The molecule has 1 aliphatic rings. The molecule has 0 aromatic heterocycles. The average Bonchev–Trinajstić information content (AvgIpc) is 3.00. The number of nitro benzene ring substituents is 1. The molecule has 29 heavy (non-hydrogen) atoms. The molecule has 2 N–H and O–H groups in total. The second-order valence-electron chi connectivity index (χ2n) is 6.91. The molecule has 1 unspecified atom stereocenters. The van der Waals surface area contributed by atoms with Gasteiger partial charge in [0.15, 0.2) is 0 Å². The van der Waals surface area contributed by atoms with Gasteiger partial charge in [-0.1, -0.05) is 12.1 Å². The molecule has 0 aliphatic carbocycles. The summed E-state index contributed by atoms with van der Waals surface area (Å²) in [7, 11) is -3.38. The predicted molar refractivity (Wildman–Crippen MR) is 111 cm³/mol. The topological polar surface area (TPSA) is 122 Å². The van der Waals surface area contributed by atoms with Gasteiger partial charge in [0.1, 0.15) is 5.69 Å². The van der Waals surface area contributed by atoms with Gasteiger partial charge in [0.05, 0.1) is 16.9 Å². The first-order valence-corrected chi connectivity index (χ1v) is 10.9. The summed E-state index contributed by atoms with van der Waals surface area (Å²) in [6, 6.07) is 11.1. The van der Waals surface area contributed by atoms with Gasteiger partial charge in [-0.15, -0.1) is 0 Å². The Bertz CT molecular complexity index is 1050. The van der Waals surface area contributed by atoms with Crippen molar-refractivity contribution >= 4 is 33.0 Å². The summed E-state index contributed by atoms with van der Waals surface area (Å²) in [4.78, 5) is 22.9. The van der Waals surface area contributed by atoms with Crippen LogP contribution in [0.3, 0.4) is 0 Å². The van der Waals surface area contributed by atoms with Gasteiger partial charge < -0.3 is 10.6 Å². The Morgan fingerprint density at radius 1 is 1.24 bits per heavy atom. The van der Waals surface area contributed by atoms with E-state index in [0.29, 0.717) is 29.9 Å². The van der Waals surface area contributed by atoms with Crippen molar-refractivity contribution < 1.29 is 18.1 Å². The number of rotatable bonds is 7. The van der Waals surface area contributed by atoms with Crippen molar-refractivity contribution in [2.45, 2.75) is 19.4 Å². The minimum absolute atomic E-state index is 0.0259. The smallest absolute Gasteiger partial charge is 0.292 e. The van der Waals surface area contributed by atoms with Crippen LogP contribution >= 0.6 is 0 Å². The summed E-state index contributed by atoms with van der Waals surface area (Å²) in [6.45, 7) is 2.42. The van der Waals surface area contributed by atoms with Crippen molar-refractivity contribution in [2.24, 2.45) is 0 Å². The first-order valence-electron chi connectivity index (χ1n) is 9.06. The molecule has 2 aromatic rings. The largest absolute Gasteiger partial charge is 0.378 e. The van der Waals surface area contributed by atoms with E-state index in [2.05, 4.69) is 10.6 Å². The van der Waals surface area contributed by atoms with Crippen molar-refractivity contribution in [3.8, 4) is 0 Å². The molecule has 0 saturated heterocycles. The van der Waals surface area contributed by atoms with Crippen LogP contribution in [0.2, 0.25) is 0 Å². The minimum atomic E-state index is -3.38. The zero-order valence-electron chi connectivity index (χ0n) is 16.1. The van der Waals surface area contributed by atoms with E-state index in [9.17, 15) is 23.3 Å². The standard InChI is InChI=1S/C19H22N4O5S/c1-13-11-15-12-14(7-8-17(15)22(13)29(2,27)28)19(24)21-10-9-20-16-5-3-4-6-18(16)23(25)26/h3-8,12-13,20H,9-11H2,1-2H3,(H,21,24). The van der Waals surface area contributed by atoms with Crippen molar-refractivity contribution in [3.05, 3.63) is 63.7 Å². The third-order valence-corrected chi connectivity index (χ3v) is 5.95. The molecule has 1 atom stereocenters.